The SMILES string of the molecule is CSC1CCCC(Nc2ccc(C(N)=S)nc2)C1. The second kappa shape index (κ2) is 6.38. The Kier molecular flexibility index (Phi) is 4.83. The van der Waals surface area contributed by atoms with Crippen LogP contribution in [0, 0.1) is 0 Å². The van der Waals surface area contributed by atoms with Crippen molar-refractivity contribution >= 4 is 34.7 Å². The Balaban J connectivity index is 1.94. The molecule has 0 aliphatic heterocycles. The Bertz CT molecular complexity index is 405. The molecule has 1 aromatic heterocycles. The fraction of sp³-hybridized carbons (Fsp3) is 0.538. The summed E-state index contributed by atoms with van der Waals surface area (Å²) in [6, 6.07) is 4.44. The molecular formula is C13H19N3S2. The third-order valence-electron chi connectivity index (χ3n) is 3.35. The zero-order valence-corrected chi connectivity index (χ0v) is 12.2. The lowest BCUT2D eigenvalue weighted by Crippen LogP contribution is -2.28. The smallest absolute Gasteiger partial charge is 0.122 e. The van der Waals surface area contributed by atoms with Crippen LogP contribution in [0.5, 0.6) is 0 Å². The summed E-state index contributed by atoms with van der Waals surface area (Å²) in [5.41, 5.74) is 7.27. The van der Waals surface area contributed by atoms with Gasteiger partial charge in [-0.2, -0.15) is 11.8 Å². The summed E-state index contributed by atoms with van der Waals surface area (Å²) in [6.45, 7) is 0. The summed E-state index contributed by atoms with van der Waals surface area (Å²) < 4.78 is 0. The molecule has 3 N–H and O–H groups in total. The van der Waals surface area contributed by atoms with E-state index in [4.69, 9.17) is 18.0 Å². The molecule has 1 aromatic rings. The second-order valence-corrected chi connectivity index (χ2v) is 6.24. The van der Waals surface area contributed by atoms with Crippen molar-refractivity contribution in [3.05, 3.63) is 24.0 Å². The van der Waals surface area contributed by atoms with Gasteiger partial charge in [-0.1, -0.05) is 18.6 Å². The molecule has 0 bridgehead atoms. The molecule has 2 atom stereocenters. The number of thiocarbonyl (C=S) groups is 1. The van der Waals surface area contributed by atoms with Crippen molar-refractivity contribution in [2.24, 2.45) is 5.73 Å². The van der Waals surface area contributed by atoms with Crippen LogP contribution in [0.2, 0.25) is 0 Å². The Labute approximate surface area is 118 Å². The van der Waals surface area contributed by atoms with E-state index in [2.05, 4.69) is 16.6 Å². The lowest BCUT2D eigenvalue weighted by atomic mass is 9.95. The number of pyridine rings is 1. The first-order chi connectivity index (χ1) is 8.69. The van der Waals surface area contributed by atoms with Gasteiger partial charge in [0, 0.05) is 11.3 Å². The number of nitrogens with two attached hydrogens (primary N) is 1. The van der Waals surface area contributed by atoms with E-state index in [1.807, 2.05) is 30.1 Å². The van der Waals surface area contributed by atoms with Crippen molar-refractivity contribution in [2.75, 3.05) is 11.6 Å². The molecule has 0 radical (unpaired) electrons. The van der Waals surface area contributed by atoms with Gasteiger partial charge in [0.05, 0.1) is 17.6 Å². The first-order valence-electron chi connectivity index (χ1n) is 6.24. The van der Waals surface area contributed by atoms with E-state index < -0.39 is 0 Å². The monoisotopic (exact) mass is 281 g/mol. The lowest BCUT2D eigenvalue weighted by Gasteiger charge is -2.29. The maximum atomic E-state index is 5.53. The number of nitrogens with zero attached hydrogens (tertiary/aromatic N) is 1. The minimum atomic E-state index is 0.349. The van der Waals surface area contributed by atoms with Crippen molar-refractivity contribution in [1.29, 1.82) is 0 Å². The molecule has 2 rings (SSSR count). The third kappa shape index (κ3) is 3.59. The first kappa shape index (κ1) is 13.6. The van der Waals surface area contributed by atoms with E-state index in [0.29, 0.717) is 16.7 Å². The van der Waals surface area contributed by atoms with E-state index in [-0.39, 0.29) is 0 Å². The van der Waals surface area contributed by atoms with E-state index in [1.54, 1.807) is 0 Å². The summed E-state index contributed by atoms with van der Waals surface area (Å²) in [7, 11) is 0. The van der Waals surface area contributed by atoms with Gasteiger partial charge in [0.15, 0.2) is 0 Å². The van der Waals surface area contributed by atoms with Gasteiger partial charge in [-0.25, -0.2) is 0 Å². The van der Waals surface area contributed by atoms with Crippen LogP contribution in [-0.4, -0.2) is 27.5 Å². The summed E-state index contributed by atoms with van der Waals surface area (Å²) in [5, 5.41) is 4.34. The van der Waals surface area contributed by atoms with Crippen LogP contribution in [0.15, 0.2) is 18.3 Å². The molecule has 18 heavy (non-hydrogen) atoms. The molecule has 0 saturated heterocycles. The predicted molar refractivity (Wildman–Crippen MR) is 83.3 cm³/mol. The quantitative estimate of drug-likeness (QED) is 0.831. The van der Waals surface area contributed by atoms with Gasteiger partial charge in [0.2, 0.25) is 0 Å². The molecule has 1 aliphatic rings. The third-order valence-corrected chi connectivity index (χ3v) is 4.65. The zero-order valence-electron chi connectivity index (χ0n) is 10.6. The van der Waals surface area contributed by atoms with E-state index in [0.717, 1.165) is 10.9 Å². The summed E-state index contributed by atoms with van der Waals surface area (Å²) >= 11 is 6.87. The maximum Gasteiger partial charge on any atom is 0.122 e. The van der Waals surface area contributed by atoms with Gasteiger partial charge in [0.1, 0.15) is 4.99 Å². The average Bonchev–Trinajstić information content (AvgIpc) is 2.39. The number of hydrogen-bond donors (Lipinski definition) is 2. The van der Waals surface area contributed by atoms with Gasteiger partial charge in [-0.3, -0.25) is 4.98 Å². The highest BCUT2D eigenvalue weighted by Gasteiger charge is 2.20. The van der Waals surface area contributed by atoms with Gasteiger partial charge in [0.25, 0.3) is 0 Å². The van der Waals surface area contributed by atoms with Gasteiger partial charge in [-0.05, 0) is 37.7 Å². The minimum absolute atomic E-state index is 0.349. The molecule has 0 spiro atoms. The minimum Gasteiger partial charge on any atom is -0.388 e. The number of aromatic nitrogens is 1. The zero-order chi connectivity index (χ0) is 13.0. The molecule has 1 heterocycles. The summed E-state index contributed by atoms with van der Waals surface area (Å²) in [4.78, 5) is 4.60. The van der Waals surface area contributed by atoms with Crippen molar-refractivity contribution in [3.63, 3.8) is 0 Å². The number of thioether (sulfide) groups is 1. The van der Waals surface area contributed by atoms with E-state index >= 15 is 0 Å². The van der Waals surface area contributed by atoms with Crippen molar-refractivity contribution < 1.29 is 0 Å². The van der Waals surface area contributed by atoms with Crippen LogP contribution >= 0.6 is 24.0 Å². The molecule has 0 amide bonds. The summed E-state index contributed by atoms with van der Waals surface area (Å²) in [6.07, 6.45) is 9.15. The van der Waals surface area contributed by atoms with Crippen LogP contribution in [0.4, 0.5) is 5.69 Å². The van der Waals surface area contributed by atoms with Crippen LogP contribution in [-0.2, 0) is 0 Å². The average molecular weight is 281 g/mol. The highest BCUT2D eigenvalue weighted by molar-refractivity contribution is 7.99. The van der Waals surface area contributed by atoms with E-state index in [9.17, 15) is 0 Å². The lowest BCUT2D eigenvalue weighted by molar-refractivity contribution is 0.473. The summed E-state index contributed by atoms with van der Waals surface area (Å²) in [5.74, 6) is 0. The molecule has 0 aromatic carbocycles. The van der Waals surface area contributed by atoms with Crippen LogP contribution in [0.25, 0.3) is 0 Å². The number of hydrogen-bond acceptors (Lipinski definition) is 4. The fourth-order valence-corrected chi connectivity index (χ4v) is 3.30. The Morgan fingerprint density at radius 2 is 2.33 bits per heavy atom. The predicted octanol–water partition coefficient (Wildman–Crippen LogP) is 2.80. The molecule has 2 unspecified atom stereocenters. The molecule has 1 saturated carbocycles. The van der Waals surface area contributed by atoms with Crippen LogP contribution in [0.1, 0.15) is 31.4 Å². The standard InChI is InChI=1S/C13H19N3S2/c1-18-11-4-2-3-9(7-11)16-10-5-6-12(13(14)17)15-8-10/h5-6,8-9,11,16H,2-4,7H2,1H3,(H2,14,17). The van der Waals surface area contributed by atoms with E-state index in [1.165, 1.54) is 25.7 Å². The number of rotatable bonds is 4. The highest BCUT2D eigenvalue weighted by Crippen LogP contribution is 2.28. The highest BCUT2D eigenvalue weighted by atomic mass is 32.2. The molecule has 1 fully saturated rings. The van der Waals surface area contributed by atoms with Crippen LogP contribution in [0.3, 0.4) is 0 Å². The second-order valence-electron chi connectivity index (χ2n) is 4.66. The number of anilines is 1. The Morgan fingerprint density at radius 1 is 1.50 bits per heavy atom. The van der Waals surface area contributed by atoms with Gasteiger partial charge < -0.3 is 11.1 Å². The maximum absolute atomic E-state index is 5.53. The van der Waals surface area contributed by atoms with Crippen LogP contribution < -0.4 is 11.1 Å². The Hall–Kier alpha value is -0.810. The molecular weight excluding hydrogens is 262 g/mol. The van der Waals surface area contributed by atoms with Crippen molar-refractivity contribution in [3.8, 4) is 0 Å². The van der Waals surface area contributed by atoms with Gasteiger partial charge in [-0.15, -0.1) is 0 Å². The Morgan fingerprint density at radius 3 is 2.94 bits per heavy atom. The van der Waals surface area contributed by atoms with Gasteiger partial charge >= 0.3 is 0 Å². The topological polar surface area (TPSA) is 50.9 Å². The normalized spacial score (nSPS) is 23.6. The molecule has 98 valence electrons. The molecule has 5 heteroatoms. The molecule has 3 nitrogen and oxygen atoms in total. The van der Waals surface area contributed by atoms with Crippen molar-refractivity contribution in [1.82, 2.24) is 4.98 Å². The number of nitrogens with one attached hydrogen (secondary N) is 1. The van der Waals surface area contributed by atoms with Crippen molar-refractivity contribution in [2.45, 2.75) is 37.0 Å². The first-order valence-corrected chi connectivity index (χ1v) is 7.94. The molecule has 1 aliphatic carbocycles. The largest absolute Gasteiger partial charge is 0.388 e. The fourth-order valence-electron chi connectivity index (χ4n) is 2.35.